The number of carbonyl (C=O) groups is 2. The Morgan fingerprint density at radius 3 is 2.50 bits per heavy atom. The van der Waals surface area contributed by atoms with Crippen molar-refractivity contribution in [1.82, 2.24) is 10.6 Å². The summed E-state index contributed by atoms with van der Waals surface area (Å²) in [6.45, 7) is 2.31. The molecule has 0 bridgehead atoms. The number of carboxylic acids is 1. The average molecular weight is 254 g/mol. The standard InChI is InChI=1S/C13H22N2O3/c1-2-10(7-9-3-4-9)15-12(18)14-8-13(5-6-13)11(16)17/h9-10H,2-8H2,1H3,(H,16,17)(H2,14,15,18). The zero-order chi connectivity index (χ0) is 13.2. The second kappa shape index (κ2) is 5.16. The van der Waals surface area contributed by atoms with E-state index in [9.17, 15) is 9.59 Å². The minimum atomic E-state index is -0.798. The molecule has 2 aliphatic carbocycles. The third-order valence-electron chi connectivity index (χ3n) is 4.04. The average Bonchev–Trinajstić information content (AvgIpc) is 3.20. The maximum Gasteiger partial charge on any atom is 0.315 e. The topological polar surface area (TPSA) is 78.4 Å². The fourth-order valence-corrected chi connectivity index (χ4v) is 2.19. The van der Waals surface area contributed by atoms with E-state index >= 15 is 0 Å². The molecule has 102 valence electrons. The van der Waals surface area contributed by atoms with Crippen LogP contribution in [0.5, 0.6) is 0 Å². The minimum Gasteiger partial charge on any atom is -0.481 e. The van der Waals surface area contributed by atoms with Gasteiger partial charge in [0.15, 0.2) is 0 Å². The Balaban J connectivity index is 1.69. The van der Waals surface area contributed by atoms with Crippen LogP contribution in [0.1, 0.15) is 45.4 Å². The Bertz CT molecular complexity index is 335. The van der Waals surface area contributed by atoms with Crippen LogP contribution in [0.15, 0.2) is 0 Å². The summed E-state index contributed by atoms with van der Waals surface area (Å²) >= 11 is 0. The lowest BCUT2D eigenvalue weighted by Gasteiger charge is -2.18. The molecular weight excluding hydrogens is 232 g/mol. The van der Waals surface area contributed by atoms with E-state index in [1.807, 2.05) is 0 Å². The minimum absolute atomic E-state index is 0.220. The van der Waals surface area contributed by atoms with Gasteiger partial charge in [0.25, 0.3) is 0 Å². The summed E-state index contributed by atoms with van der Waals surface area (Å²) in [7, 11) is 0. The lowest BCUT2D eigenvalue weighted by molar-refractivity contribution is -0.143. The highest BCUT2D eigenvalue weighted by atomic mass is 16.4. The molecule has 1 unspecified atom stereocenters. The number of amides is 2. The van der Waals surface area contributed by atoms with Crippen LogP contribution in [-0.4, -0.2) is 29.7 Å². The van der Waals surface area contributed by atoms with Gasteiger partial charge in [-0.3, -0.25) is 4.79 Å². The third kappa shape index (κ3) is 3.37. The second-order valence-electron chi connectivity index (χ2n) is 5.70. The van der Waals surface area contributed by atoms with E-state index in [0.29, 0.717) is 12.8 Å². The van der Waals surface area contributed by atoms with Gasteiger partial charge in [-0.15, -0.1) is 0 Å². The number of nitrogens with one attached hydrogen (secondary N) is 2. The van der Waals surface area contributed by atoms with E-state index in [1.54, 1.807) is 0 Å². The molecule has 5 heteroatoms. The van der Waals surface area contributed by atoms with Gasteiger partial charge in [0.2, 0.25) is 0 Å². The molecular formula is C13H22N2O3. The highest BCUT2D eigenvalue weighted by Gasteiger charge is 2.50. The molecule has 0 aromatic rings. The Hall–Kier alpha value is -1.26. The summed E-state index contributed by atoms with van der Waals surface area (Å²) < 4.78 is 0. The first-order valence-electron chi connectivity index (χ1n) is 6.83. The van der Waals surface area contributed by atoms with Crippen molar-refractivity contribution in [3.05, 3.63) is 0 Å². The Kier molecular flexibility index (Phi) is 3.78. The molecule has 2 fully saturated rings. The van der Waals surface area contributed by atoms with Gasteiger partial charge in [-0.25, -0.2) is 4.79 Å². The molecule has 2 aliphatic rings. The van der Waals surface area contributed by atoms with Crippen molar-refractivity contribution in [3.63, 3.8) is 0 Å². The van der Waals surface area contributed by atoms with Crippen LogP contribution in [0, 0.1) is 11.3 Å². The van der Waals surface area contributed by atoms with Gasteiger partial charge in [-0.05, 0) is 31.6 Å². The van der Waals surface area contributed by atoms with E-state index in [-0.39, 0.29) is 18.6 Å². The lowest BCUT2D eigenvalue weighted by atomic mass is 10.1. The van der Waals surface area contributed by atoms with Crippen LogP contribution < -0.4 is 10.6 Å². The molecule has 2 amide bonds. The summed E-state index contributed by atoms with van der Waals surface area (Å²) in [4.78, 5) is 22.7. The van der Waals surface area contributed by atoms with Crippen molar-refractivity contribution in [3.8, 4) is 0 Å². The predicted octanol–water partition coefficient (Wildman–Crippen LogP) is 1.73. The molecule has 0 spiro atoms. The zero-order valence-electron chi connectivity index (χ0n) is 10.9. The summed E-state index contributed by atoms with van der Waals surface area (Å²) in [6, 6.07) is -0.00694. The van der Waals surface area contributed by atoms with E-state index in [0.717, 1.165) is 18.8 Å². The highest BCUT2D eigenvalue weighted by molar-refractivity contribution is 5.80. The van der Waals surface area contributed by atoms with Crippen LogP contribution in [0.3, 0.4) is 0 Å². The lowest BCUT2D eigenvalue weighted by Crippen LogP contribution is -2.45. The molecule has 3 N–H and O–H groups in total. The zero-order valence-corrected chi connectivity index (χ0v) is 10.9. The maximum atomic E-state index is 11.7. The molecule has 5 nitrogen and oxygen atoms in total. The Morgan fingerprint density at radius 1 is 1.39 bits per heavy atom. The first-order valence-corrected chi connectivity index (χ1v) is 6.83. The fraction of sp³-hybridized carbons (Fsp3) is 0.846. The summed E-state index contributed by atoms with van der Waals surface area (Å²) in [6.07, 6.45) is 5.87. The first-order chi connectivity index (χ1) is 8.55. The molecule has 2 rings (SSSR count). The number of aliphatic carboxylic acids is 1. The largest absolute Gasteiger partial charge is 0.481 e. The number of hydrogen-bond donors (Lipinski definition) is 3. The third-order valence-corrected chi connectivity index (χ3v) is 4.04. The van der Waals surface area contributed by atoms with Gasteiger partial charge >= 0.3 is 12.0 Å². The van der Waals surface area contributed by atoms with Gasteiger partial charge in [0.1, 0.15) is 0 Å². The van der Waals surface area contributed by atoms with Crippen LogP contribution in [0.25, 0.3) is 0 Å². The van der Waals surface area contributed by atoms with E-state index in [2.05, 4.69) is 17.6 Å². The van der Waals surface area contributed by atoms with Crippen LogP contribution in [0.4, 0.5) is 4.79 Å². The normalized spacial score (nSPS) is 22.1. The summed E-state index contributed by atoms with van der Waals surface area (Å²) in [5, 5.41) is 14.6. The van der Waals surface area contributed by atoms with Gasteiger partial charge in [-0.2, -0.15) is 0 Å². The van der Waals surface area contributed by atoms with Crippen LogP contribution in [-0.2, 0) is 4.79 Å². The molecule has 18 heavy (non-hydrogen) atoms. The van der Waals surface area contributed by atoms with Crippen molar-refractivity contribution in [2.75, 3.05) is 6.54 Å². The number of carboxylic acid groups (broad SMARTS) is 1. The fourth-order valence-electron chi connectivity index (χ4n) is 2.19. The SMILES string of the molecule is CCC(CC1CC1)NC(=O)NCC1(C(=O)O)CC1. The van der Waals surface area contributed by atoms with E-state index < -0.39 is 11.4 Å². The van der Waals surface area contributed by atoms with Crippen molar-refractivity contribution < 1.29 is 14.7 Å². The molecule has 1 atom stereocenters. The van der Waals surface area contributed by atoms with Gasteiger partial charge in [0.05, 0.1) is 5.41 Å². The Labute approximate surface area is 107 Å². The highest BCUT2D eigenvalue weighted by Crippen LogP contribution is 2.45. The van der Waals surface area contributed by atoms with Crippen molar-refractivity contribution in [1.29, 1.82) is 0 Å². The molecule has 2 saturated carbocycles. The smallest absolute Gasteiger partial charge is 0.315 e. The number of hydrogen-bond acceptors (Lipinski definition) is 2. The molecule has 0 radical (unpaired) electrons. The molecule has 0 aromatic heterocycles. The van der Waals surface area contributed by atoms with Gasteiger partial charge in [0, 0.05) is 12.6 Å². The maximum absolute atomic E-state index is 11.7. The van der Waals surface area contributed by atoms with Gasteiger partial charge < -0.3 is 15.7 Å². The van der Waals surface area contributed by atoms with E-state index in [4.69, 9.17) is 5.11 Å². The molecule has 0 saturated heterocycles. The Morgan fingerprint density at radius 2 is 2.06 bits per heavy atom. The monoisotopic (exact) mass is 254 g/mol. The number of carbonyl (C=O) groups excluding carboxylic acids is 1. The number of rotatable bonds is 7. The van der Waals surface area contributed by atoms with Crippen LogP contribution in [0.2, 0.25) is 0 Å². The second-order valence-corrected chi connectivity index (χ2v) is 5.70. The summed E-state index contributed by atoms with van der Waals surface area (Å²) in [5.74, 6) is -0.0168. The first kappa shape index (κ1) is 13.2. The summed E-state index contributed by atoms with van der Waals surface area (Å²) in [5.41, 5.74) is -0.685. The quantitative estimate of drug-likeness (QED) is 0.647. The molecule has 0 aromatic carbocycles. The molecule has 0 aliphatic heterocycles. The number of urea groups is 1. The van der Waals surface area contributed by atoms with E-state index in [1.165, 1.54) is 12.8 Å². The predicted molar refractivity (Wildman–Crippen MR) is 67.3 cm³/mol. The van der Waals surface area contributed by atoms with Crippen molar-refractivity contribution in [2.45, 2.75) is 51.5 Å². The van der Waals surface area contributed by atoms with Gasteiger partial charge in [-0.1, -0.05) is 19.8 Å². The van der Waals surface area contributed by atoms with Crippen molar-refractivity contribution >= 4 is 12.0 Å². The molecule has 0 heterocycles. The van der Waals surface area contributed by atoms with Crippen LogP contribution >= 0.6 is 0 Å². The van der Waals surface area contributed by atoms with Crippen molar-refractivity contribution in [2.24, 2.45) is 11.3 Å².